The third-order valence-corrected chi connectivity index (χ3v) is 5.21. The van der Waals surface area contributed by atoms with E-state index >= 15 is 0 Å². The van der Waals surface area contributed by atoms with Gasteiger partial charge < -0.3 is 10.2 Å². The second-order valence-corrected chi connectivity index (χ2v) is 7.99. The molecule has 1 N–H and O–H groups in total. The normalized spacial score (nSPS) is 21.4. The summed E-state index contributed by atoms with van der Waals surface area (Å²) in [5.74, 6) is 0.278. The van der Waals surface area contributed by atoms with Crippen LogP contribution in [0.25, 0.3) is 0 Å². The lowest BCUT2D eigenvalue weighted by molar-refractivity contribution is 0.103. The van der Waals surface area contributed by atoms with Gasteiger partial charge in [-0.05, 0) is 39.9 Å². The molecule has 0 amide bonds. The molecular formula is C13H28N2O2S. The van der Waals surface area contributed by atoms with E-state index in [0.29, 0.717) is 6.42 Å². The molecule has 0 bridgehead atoms. The summed E-state index contributed by atoms with van der Waals surface area (Å²) in [7, 11) is 1.36. The van der Waals surface area contributed by atoms with Crippen LogP contribution in [0.3, 0.4) is 0 Å². The summed E-state index contributed by atoms with van der Waals surface area (Å²) in [5, 5.41) is 3.51. The molecule has 0 saturated heterocycles. The third kappa shape index (κ3) is 3.93. The lowest BCUT2D eigenvalue weighted by Gasteiger charge is -2.43. The zero-order valence-electron chi connectivity index (χ0n) is 12.2. The van der Waals surface area contributed by atoms with Crippen molar-refractivity contribution in [3.63, 3.8) is 0 Å². The second kappa shape index (κ2) is 6.35. The fourth-order valence-corrected chi connectivity index (χ4v) is 3.90. The summed E-state index contributed by atoms with van der Waals surface area (Å²) in [6.45, 7) is 2.98. The van der Waals surface area contributed by atoms with Gasteiger partial charge in [-0.15, -0.1) is 0 Å². The highest BCUT2D eigenvalue weighted by molar-refractivity contribution is 7.90. The third-order valence-electron chi connectivity index (χ3n) is 4.24. The predicted molar refractivity (Wildman–Crippen MR) is 76.7 cm³/mol. The van der Waals surface area contributed by atoms with Gasteiger partial charge in [-0.2, -0.15) is 0 Å². The van der Waals surface area contributed by atoms with E-state index < -0.39 is 9.84 Å². The molecule has 0 spiro atoms. The summed E-state index contributed by atoms with van der Waals surface area (Å²) in [4.78, 5) is 2.30. The maximum absolute atomic E-state index is 11.4. The average Bonchev–Trinajstić information content (AvgIpc) is 2.73. The first-order valence-corrected chi connectivity index (χ1v) is 8.96. The molecule has 1 fully saturated rings. The molecule has 0 radical (unpaired) electrons. The van der Waals surface area contributed by atoms with Gasteiger partial charge in [0, 0.05) is 17.8 Å². The van der Waals surface area contributed by atoms with Crippen molar-refractivity contribution < 1.29 is 8.42 Å². The molecule has 0 heterocycles. The van der Waals surface area contributed by atoms with Crippen LogP contribution >= 0.6 is 0 Å². The van der Waals surface area contributed by atoms with Crippen LogP contribution in [0.15, 0.2) is 0 Å². The molecule has 0 aromatic heterocycles. The van der Waals surface area contributed by atoms with Crippen molar-refractivity contribution >= 4 is 9.84 Å². The number of rotatable bonds is 7. The highest BCUT2D eigenvalue weighted by Crippen LogP contribution is 2.37. The van der Waals surface area contributed by atoms with Crippen LogP contribution in [0.2, 0.25) is 0 Å². The first kappa shape index (κ1) is 15.9. The van der Waals surface area contributed by atoms with Crippen LogP contribution in [0.4, 0.5) is 0 Å². The number of nitrogens with zero attached hydrogens (tertiary/aromatic N) is 1. The standard InChI is InChI=1S/C13H28N2O2S/c1-5-14-12(8-11-18(4,16)17)13(15(2)3)9-6-7-10-13/h12,14H,5-11H2,1-4H3. The van der Waals surface area contributed by atoms with Crippen LogP contribution < -0.4 is 5.32 Å². The predicted octanol–water partition coefficient (Wildman–Crippen LogP) is 1.27. The lowest BCUT2D eigenvalue weighted by Crippen LogP contribution is -2.58. The first-order chi connectivity index (χ1) is 8.32. The van der Waals surface area contributed by atoms with Gasteiger partial charge in [0.15, 0.2) is 0 Å². The molecule has 18 heavy (non-hydrogen) atoms. The highest BCUT2D eigenvalue weighted by atomic mass is 32.2. The minimum absolute atomic E-state index is 0.140. The van der Waals surface area contributed by atoms with Crippen LogP contribution in [0.5, 0.6) is 0 Å². The van der Waals surface area contributed by atoms with Crippen molar-refractivity contribution in [1.29, 1.82) is 0 Å². The quantitative estimate of drug-likeness (QED) is 0.761. The molecule has 0 aromatic rings. The Bertz CT molecular complexity index is 346. The maximum Gasteiger partial charge on any atom is 0.147 e. The molecule has 1 saturated carbocycles. The SMILES string of the molecule is CCNC(CCS(C)(=O)=O)C1(N(C)C)CCCC1. The largest absolute Gasteiger partial charge is 0.312 e. The van der Waals surface area contributed by atoms with Crippen molar-refractivity contribution in [2.45, 2.75) is 50.6 Å². The van der Waals surface area contributed by atoms with E-state index in [0.717, 1.165) is 6.54 Å². The maximum atomic E-state index is 11.4. The van der Waals surface area contributed by atoms with E-state index in [1.807, 2.05) is 0 Å². The van der Waals surface area contributed by atoms with Crippen molar-refractivity contribution in [2.75, 3.05) is 32.6 Å². The molecule has 1 unspecified atom stereocenters. The van der Waals surface area contributed by atoms with Gasteiger partial charge in [0.25, 0.3) is 0 Å². The lowest BCUT2D eigenvalue weighted by atomic mass is 9.85. The molecular weight excluding hydrogens is 248 g/mol. The number of likely N-dealkylation sites (N-methyl/N-ethyl adjacent to an activating group) is 2. The van der Waals surface area contributed by atoms with Gasteiger partial charge in [0.05, 0.1) is 5.75 Å². The second-order valence-electron chi connectivity index (χ2n) is 5.73. The molecule has 0 aliphatic heterocycles. The average molecular weight is 276 g/mol. The van der Waals surface area contributed by atoms with Gasteiger partial charge >= 0.3 is 0 Å². The number of hydrogen-bond donors (Lipinski definition) is 1. The highest BCUT2D eigenvalue weighted by Gasteiger charge is 2.42. The van der Waals surface area contributed by atoms with E-state index in [-0.39, 0.29) is 17.3 Å². The van der Waals surface area contributed by atoms with Crippen molar-refractivity contribution in [3.8, 4) is 0 Å². The van der Waals surface area contributed by atoms with E-state index in [4.69, 9.17) is 0 Å². The summed E-state index contributed by atoms with van der Waals surface area (Å²) in [5.41, 5.74) is 0.140. The zero-order valence-corrected chi connectivity index (χ0v) is 13.0. The summed E-state index contributed by atoms with van der Waals surface area (Å²) >= 11 is 0. The van der Waals surface area contributed by atoms with E-state index in [1.54, 1.807) is 0 Å². The van der Waals surface area contributed by atoms with Gasteiger partial charge in [-0.25, -0.2) is 8.42 Å². The van der Waals surface area contributed by atoms with Crippen LogP contribution in [0.1, 0.15) is 39.0 Å². The Morgan fingerprint density at radius 2 is 1.83 bits per heavy atom. The number of sulfone groups is 1. The van der Waals surface area contributed by atoms with Gasteiger partial charge in [-0.3, -0.25) is 0 Å². The fraction of sp³-hybridized carbons (Fsp3) is 1.00. The smallest absolute Gasteiger partial charge is 0.147 e. The van der Waals surface area contributed by atoms with Crippen LogP contribution in [-0.4, -0.2) is 57.5 Å². The van der Waals surface area contributed by atoms with Crippen molar-refractivity contribution in [2.24, 2.45) is 0 Å². The Morgan fingerprint density at radius 1 is 1.28 bits per heavy atom. The van der Waals surface area contributed by atoms with Crippen LogP contribution in [-0.2, 0) is 9.84 Å². The molecule has 1 aliphatic rings. The van der Waals surface area contributed by atoms with Crippen molar-refractivity contribution in [3.05, 3.63) is 0 Å². The topological polar surface area (TPSA) is 49.4 Å². The van der Waals surface area contributed by atoms with Gasteiger partial charge in [-0.1, -0.05) is 19.8 Å². The Kier molecular flexibility index (Phi) is 5.62. The summed E-state index contributed by atoms with van der Waals surface area (Å²) < 4.78 is 22.8. The Morgan fingerprint density at radius 3 is 2.22 bits per heavy atom. The fourth-order valence-electron chi connectivity index (χ4n) is 3.23. The Hall–Kier alpha value is -0.130. The van der Waals surface area contributed by atoms with Crippen LogP contribution in [0, 0.1) is 0 Å². The minimum atomic E-state index is -2.88. The van der Waals surface area contributed by atoms with E-state index in [2.05, 4.69) is 31.2 Å². The number of nitrogens with one attached hydrogen (secondary N) is 1. The molecule has 1 atom stereocenters. The zero-order chi connectivity index (χ0) is 13.8. The van der Waals surface area contributed by atoms with Gasteiger partial charge in [0.1, 0.15) is 9.84 Å². The van der Waals surface area contributed by atoms with Gasteiger partial charge in [0.2, 0.25) is 0 Å². The Balaban J connectivity index is 2.81. The van der Waals surface area contributed by atoms with E-state index in [9.17, 15) is 8.42 Å². The minimum Gasteiger partial charge on any atom is -0.312 e. The van der Waals surface area contributed by atoms with Crippen molar-refractivity contribution in [1.82, 2.24) is 10.2 Å². The molecule has 5 heteroatoms. The van der Waals surface area contributed by atoms with E-state index in [1.165, 1.54) is 31.9 Å². The Labute approximate surface area is 112 Å². The summed E-state index contributed by atoms with van der Waals surface area (Å²) in [6, 6.07) is 0.273. The molecule has 1 rings (SSSR count). The monoisotopic (exact) mass is 276 g/mol. The molecule has 4 nitrogen and oxygen atoms in total. The number of hydrogen-bond acceptors (Lipinski definition) is 4. The molecule has 108 valence electrons. The molecule has 1 aliphatic carbocycles. The molecule has 0 aromatic carbocycles. The first-order valence-electron chi connectivity index (χ1n) is 6.90. The summed E-state index contributed by atoms with van der Waals surface area (Å²) in [6.07, 6.45) is 6.87.